The maximum absolute atomic E-state index is 9.92. The number of nitriles is 1. The second kappa shape index (κ2) is 3.90. The van der Waals surface area contributed by atoms with E-state index >= 15 is 0 Å². The fourth-order valence-corrected chi connectivity index (χ4v) is 1.01. The highest BCUT2D eigenvalue weighted by molar-refractivity contribution is 5.36. The molecule has 0 aliphatic rings. The fraction of sp³-hybridized carbons (Fsp3) is 0.750. The van der Waals surface area contributed by atoms with Gasteiger partial charge in [0.05, 0.1) is 6.07 Å². The Balaban J connectivity index is 4.37. The molecule has 0 rings (SSSR count). The summed E-state index contributed by atoms with van der Waals surface area (Å²) in [7, 11) is 0. The van der Waals surface area contributed by atoms with Gasteiger partial charge in [-0.2, -0.15) is 10.3 Å². The monoisotopic (exact) mass is 152 g/mol. The van der Waals surface area contributed by atoms with Crippen LogP contribution in [-0.4, -0.2) is 11.6 Å². The molecule has 0 amide bonds. The molecule has 0 bridgehead atoms. The lowest BCUT2D eigenvalue weighted by molar-refractivity contribution is 0.445. The summed E-state index contributed by atoms with van der Waals surface area (Å²) in [6.45, 7) is 5.60. The second-order valence-corrected chi connectivity index (χ2v) is 3.19. The highest BCUT2D eigenvalue weighted by Crippen LogP contribution is 2.18. The third-order valence-electron chi connectivity index (χ3n) is 1.34. The van der Waals surface area contributed by atoms with Gasteiger partial charge in [0, 0.05) is 0 Å². The van der Waals surface area contributed by atoms with Gasteiger partial charge in [0.25, 0.3) is 0 Å². The van der Waals surface area contributed by atoms with Gasteiger partial charge in [-0.25, -0.2) is 4.79 Å². The van der Waals surface area contributed by atoms with Crippen molar-refractivity contribution >= 4 is 6.08 Å². The summed E-state index contributed by atoms with van der Waals surface area (Å²) in [5, 5.41) is 8.64. The molecule has 0 aliphatic carbocycles. The van der Waals surface area contributed by atoms with Crippen molar-refractivity contribution in [2.75, 3.05) is 0 Å². The van der Waals surface area contributed by atoms with E-state index in [0.29, 0.717) is 12.3 Å². The Labute approximate surface area is 66.7 Å². The lowest BCUT2D eigenvalue weighted by Gasteiger charge is -2.15. The molecule has 0 aromatic rings. The maximum atomic E-state index is 9.92. The van der Waals surface area contributed by atoms with Crippen molar-refractivity contribution in [3.8, 4) is 6.07 Å². The van der Waals surface area contributed by atoms with Crippen LogP contribution in [0.2, 0.25) is 0 Å². The minimum Gasteiger partial charge on any atom is -0.211 e. The first-order chi connectivity index (χ1) is 5.04. The predicted octanol–water partition coefficient (Wildman–Crippen LogP) is 1.65. The van der Waals surface area contributed by atoms with Crippen LogP contribution in [0.25, 0.3) is 0 Å². The van der Waals surface area contributed by atoms with E-state index in [-0.39, 0.29) is 0 Å². The quantitative estimate of drug-likeness (QED) is 0.456. The smallest absolute Gasteiger partial charge is 0.211 e. The van der Waals surface area contributed by atoms with Gasteiger partial charge < -0.3 is 0 Å². The minimum absolute atomic E-state index is 0.358. The first-order valence-electron chi connectivity index (χ1n) is 3.54. The highest BCUT2D eigenvalue weighted by atomic mass is 16.1. The van der Waals surface area contributed by atoms with Crippen LogP contribution in [0.5, 0.6) is 0 Å². The molecule has 0 aromatic carbocycles. The molecule has 0 saturated carbocycles. The third-order valence-corrected chi connectivity index (χ3v) is 1.34. The molecule has 11 heavy (non-hydrogen) atoms. The molecule has 60 valence electrons. The molecule has 0 radical (unpaired) electrons. The highest BCUT2D eigenvalue weighted by Gasteiger charge is 2.23. The molecule has 3 heteroatoms. The molecule has 1 atom stereocenters. The van der Waals surface area contributed by atoms with Gasteiger partial charge >= 0.3 is 0 Å². The first kappa shape index (κ1) is 9.87. The number of hydrogen-bond donors (Lipinski definition) is 0. The van der Waals surface area contributed by atoms with Crippen LogP contribution in [0.4, 0.5) is 0 Å². The summed E-state index contributed by atoms with van der Waals surface area (Å²) >= 11 is 0. The van der Waals surface area contributed by atoms with Gasteiger partial charge in [-0.3, -0.25) is 0 Å². The van der Waals surface area contributed by atoms with Gasteiger partial charge in [-0.1, -0.05) is 13.8 Å². The molecule has 0 aromatic heterocycles. The zero-order chi connectivity index (χ0) is 8.91. The summed E-state index contributed by atoms with van der Waals surface area (Å²) in [5.41, 5.74) is -0.879. The molecule has 0 saturated heterocycles. The van der Waals surface area contributed by atoms with E-state index in [2.05, 4.69) is 4.99 Å². The standard InChI is InChI=1S/C8H12N2O/c1-7(2)4-8(3,5-9)10-6-11/h7H,4H2,1-3H3. The molecule has 0 fully saturated rings. The molecule has 3 nitrogen and oxygen atoms in total. The van der Waals surface area contributed by atoms with Crippen molar-refractivity contribution < 1.29 is 4.79 Å². The Bertz CT molecular complexity index is 211. The molecule has 0 spiro atoms. The predicted molar refractivity (Wildman–Crippen MR) is 41.6 cm³/mol. The van der Waals surface area contributed by atoms with Crippen LogP contribution in [0.15, 0.2) is 4.99 Å². The van der Waals surface area contributed by atoms with E-state index in [0.717, 1.165) is 0 Å². The summed E-state index contributed by atoms with van der Waals surface area (Å²) < 4.78 is 0. The van der Waals surface area contributed by atoms with Crippen molar-refractivity contribution in [2.45, 2.75) is 32.7 Å². The lowest BCUT2D eigenvalue weighted by atomic mass is 9.93. The summed E-state index contributed by atoms with van der Waals surface area (Å²) in [4.78, 5) is 13.4. The van der Waals surface area contributed by atoms with Crippen molar-refractivity contribution in [3.05, 3.63) is 0 Å². The van der Waals surface area contributed by atoms with E-state index in [4.69, 9.17) is 5.26 Å². The Hall–Kier alpha value is -1.13. The van der Waals surface area contributed by atoms with Gasteiger partial charge in [-0.15, -0.1) is 0 Å². The number of hydrogen-bond acceptors (Lipinski definition) is 3. The van der Waals surface area contributed by atoms with Crippen LogP contribution >= 0.6 is 0 Å². The SMILES string of the molecule is CC(C)CC(C)(C#N)N=C=O. The van der Waals surface area contributed by atoms with Crippen LogP contribution in [0, 0.1) is 17.2 Å². The lowest BCUT2D eigenvalue weighted by Crippen LogP contribution is -2.21. The van der Waals surface area contributed by atoms with Crippen LogP contribution in [0.1, 0.15) is 27.2 Å². The Morgan fingerprint density at radius 3 is 2.45 bits per heavy atom. The van der Waals surface area contributed by atoms with E-state index in [1.807, 2.05) is 19.9 Å². The topological polar surface area (TPSA) is 53.2 Å². The number of rotatable bonds is 3. The van der Waals surface area contributed by atoms with Crippen molar-refractivity contribution in [2.24, 2.45) is 10.9 Å². The fourth-order valence-electron chi connectivity index (χ4n) is 1.01. The molecule has 0 heterocycles. The number of carbonyl (C=O) groups excluding carboxylic acids is 1. The van der Waals surface area contributed by atoms with Crippen LogP contribution < -0.4 is 0 Å². The van der Waals surface area contributed by atoms with E-state index in [9.17, 15) is 4.79 Å². The third kappa shape index (κ3) is 3.54. The van der Waals surface area contributed by atoms with Crippen molar-refractivity contribution in [3.63, 3.8) is 0 Å². The van der Waals surface area contributed by atoms with Crippen LogP contribution in [0.3, 0.4) is 0 Å². The van der Waals surface area contributed by atoms with Gasteiger partial charge in [0.15, 0.2) is 5.54 Å². The zero-order valence-electron chi connectivity index (χ0n) is 7.09. The van der Waals surface area contributed by atoms with Gasteiger partial charge in [0.1, 0.15) is 0 Å². The first-order valence-corrected chi connectivity index (χ1v) is 3.54. The average Bonchev–Trinajstić information content (AvgIpc) is 1.87. The zero-order valence-corrected chi connectivity index (χ0v) is 7.09. The van der Waals surface area contributed by atoms with Crippen LogP contribution in [-0.2, 0) is 4.79 Å². The van der Waals surface area contributed by atoms with E-state index < -0.39 is 5.54 Å². The normalized spacial score (nSPS) is 14.8. The van der Waals surface area contributed by atoms with E-state index in [1.165, 1.54) is 6.08 Å². The minimum atomic E-state index is -0.879. The Kier molecular flexibility index (Phi) is 3.50. The molecule has 1 unspecified atom stereocenters. The van der Waals surface area contributed by atoms with Gasteiger partial charge in [0.2, 0.25) is 6.08 Å². The summed E-state index contributed by atoms with van der Waals surface area (Å²) in [5.74, 6) is 0.358. The Morgan fingerprint density at radius 1 is 1.64 bits per heavy atom. The molecular formula is C8H12N2O. The maximum Gasteiger partial charge on any atom is 0.236 e. The second-order valence-electron chi connectivity index (χ2n) is 3.19. The van der Waals surface area contributed by atoms with Crippen molar-refractivity contribution in [1.29, 1.82) is 5.26 Å². The molecule has 0 aliphatic heterocycles. The number of nitrogens with zero attached hydrogens (tertiary/aromatic N) is 2. The number of isocyanates is 1. The van der Waals surface area contributed by atoms with E-state index in [1.54, 1.807) is 6.92 Å². The molecular weight excluding hydrogens is 140 g/mol. The van der Waals surface area contributed by atoms with Gasteiger partial charge in [-0.05, 0) is 19.3 Å². The molecule has 0 N–H and O–H groups in total. The summed E-state index contributed by atoms with van der Waals surface area (Å²) in [6, 6.07) is 1.98. The Morgan fingerprint density at radius 2 is 2.18 bits per heavy atom. The summed E-state index contributed by atoms with van der Waals surface area (Å²) in [6.07, 6.45) is 2.01. The average molecular weight is 152 g/mol. The largest absolute Gasteiger partial charge is 0.236 e. The van der Waals surface area contributed by atoms with Crippen molar-refractivity contribution in [1.82, 2.24) is 0 Å². The number of aliphatic imine (C=N–C) groups is 1.